The summed E-state index contributed by atoms with van der Waals surface area (Å²) in [4.78, 5) is 15.7. The molecule has 1 saturated heterocycles. The van der Waals surface area contributed by atoms with Crippen molar-refractivity contribution in [2.24, 2.45) is 5.92 Å². The average Bonchev–Trinajstić information content (AvgIpc) is 2.76. The first-order chi connectivity index (χ1) is 7.15. The van der Waals surface area contributed by atoms with Crippen molar-refractivity contribution in [3.05, 3.63) is 21.9 Å². The van der Waals surface area contributed by atoms with E-state index in [9.17, 15) is 4.79 Å². The topological polar surface area (TPSA) is 40.5 Å². The summed E-state index contributed by atoms with van der Waals surface area (Å²) in [5, 5.41) is 8.88. The van der Waals surface area contributed by atoms with Crippen molar-refractivity contribution in [3.63, 3.8) is 0 Å². The van der Waals surface area contributed by atoms with E-state index in [0.717, 1.165) is 19.5 Å². The fraction of sp³-hybridized carbons (Fsp3) is 0.545. The van der Waals surface area contributed by atoms with Gasteiger partial charge in [0.1, 0.15) is 0 Å². The number of hydrogen-bond donors (Lipinski definition) is 1. The zero-order chi connectivity index (χ0) is 10.8. The summed E-state index contributed by atoms with van der Waals surface area (Å²) < 4.78 is 0. The first-order valence-corrected chi connectivity index (χ1v) is 5.97. The van der Waals surface area contributed by atoms with Gasteiger partial charge in [0, 0.05) is 22.8 Å². The van der Waals surface area contributed by atoms with E-state index in [1.54, 1.807) is 11.3 Å². The number of carboxylic acid groups (broad SMARTS) is 1. The quantitative estimate of drug-likeness (QED) is 0.855. The molecule has 1 aliphatic rings. The van der Waals surface area contributed by atoms with Crippen LogP contribution in [0.3, 0.4) is 0 Å². The lowest BCUT2D eigenvalue weighted by Crippen LogP contribution is -2.22. The molecular weight excluding hydrogens is 210 g/mol. The second kappa shape index (κ2) is 4.33. The predicted octanol–water partition coefficient (Wildman–Crippen LogP) is 1.96. The third-order valence-corrected chi connectivity index (χ3v) is 3.78. The van der Waals surface area contributed by atoms with Gasteiger partial charge in [-0.2, -0.15) is 0 Å². The third kappa shape index (κ3) is 2.58. The highest BCUT2D eigenvalue weighted by atomic mass is 32.1. The van der Waals surface area contributed by atoms with Gasteiger partial charge in [-0.15, -0.1) is 11.3 Å². The van der Waals surface area contributed by atoms with E-state index in [1.807, 2.05) is 0 Å². The molecule has 82 valence electrons. The number of aryl methyl sites for hydroxylation is 1. The lowest BCUT2D eigenvalue weighted by atomic mass is 10.1. The maximum Gasteiger partial charge on any atom is 0.307 e. The molecule has 0 bridgehead atoms. The number of rotatable bonds is 3. The highest BCUT2D eigenvalue weighted by molar-refractivity contribution is 7.11. The van der Waals surface area contributed by atoms with E-state index in [-0.39, 0.29) is 5.92 Å². The van der Waals surface area contributed by atoms with Crippen LogP contribution in [0.4, 0.5) is 0 Å². The smallest absolute Gasteiger partial charge is 0.307 e. The van der Waals surface area contributed by atoms with Crippen molar-refractivity contribution in [2.75, 3.05) is 13.1 Å². The molecule has 2 heterocycles. The van der Waals surface area contributed by atoms with Crippen LogP contribution < -0.4 is 0 Å². The molecule has 0 aliphatic carbocycles. The van der Waals surface area contributed by atoms with Gasteiger partial charge in [-0.05, 0) is 32.0 Å². The summed E-state index contributed by atoms with van der Waals surface area (Å²) in [6.07, 6.45) is 0.791. The van der Waals surface area contributed by atoms with Crippen LogP contribution in [-0.4, -0.2) is 29.1 Å². The number of likely N-dealkylation sites (tertiary alicyclic amines) is 1. The second-order valence-electron chi connectivity index (χ2n) is 4.07. The number of thiophene rings is 1. The number of carboxylic acids is 1. The molecule has 1 N–H and O–H groups in total. The monoisotopic (exact) mass is 225 g/mol. The summed E-state index contributed by atoms with van der Waals surface area (Å²) in [7, 11) is 0. The average molecular weight is 225 g/mol. The van der Waals surface area contributed by atoms with Gasteiger partial charge < -0.3 is 5.11 Å². The van der Waals surface area contributed by atoms with Crippen LogP contribution in [0.2, 0.25) is 0 Å². The normalized spacial score (nSPS) is 22.1. The van der Waals surface area contributed by atoms with Gasteiger partial charge in [-0.3, -0.25) is 9.69 Å². The zero-order valence-electron chi connectivity index (χ0n) is 8.77. The number of aliphatic carboxylic acids is 1. The number of hydrogen-bond acceptors (Lipinski definition) is 3. The lowest BCUT2D eigenvalue weighted by molar-refractivity contribution is -0.141. The zero-order valence-corrected chi connectivity index (χ0v) is 9.59. The van der Waals surface area contributed by atoms with E-state index < -0.39 is 5.97 Å². The minimum atomic E-state index is -0.653. The molecule has 0 saturated carbocycles. The Bertz CT molecular complexity index is 361. The molecule has 1 aromatic heterocycles. The van der Waals surface area contributed by atoms with Gasteiger partial charge in [0.05, 0.1) is 5.92 Å². The Labute approximate surface area is 93.3 Å². The van der Waals surface area contributed by atoms with E-state index in [1.165, 1.54) is 9.75 Å². The molecule has 2 rings (SSSR count). The molecule has 0 amide bonds. The molecule has 0 aromatic carbocycles. The number of nitrogens with zero attached hydrogens (tertiary/aromatic N) is 1. The van der Waals surface area contributed by atoms with Crippen LogP contribution in [0.25, 0.3) is 0 Å². The van der Waals surface area contributed by atoms with Crippen LogP contribution in [0.5, 0.6) is 0 Å². The van der Waals surface area contributed by atoms with E-state index in [2.05, 4.69) is 24.0 Å². The summed E-state index contributed by atoms with van der Waals surface area (Å²) in [6.45, 7) is 4.61. The van der Waals surface area contributed by atoms with E-state index in [0.29, 0.717) is 6.54 Å². The van der Waals surface area contributed by atoms with Crippen molar-refractivity contribution < 1.29 is 9.90 Å². The molecule has 1 fully saturated rings. The van der Waals surface area contributed by atoms with Crippen molar-refractivity contribution in [2.45, 2.75) is 19.9 Å². The van der Waals surface area contributed by atoms with Gasteiger partial charge in [-0.25, -0.2) is 0 Å². The van der Waals surface area contributed by atoms with E-state index in [4.69, 9.17) is 5.11 Å². The van der Waals surface area contributed by atoms with Crippen LogP contribution in [0.15, 0.2) is 12.1 Å². The molecule has 4 heteroatoms. The van der Waals surface area contributed by atoms with Crippen molar-refractivity contribution in [3.8, 4) is 0 Å². The molecule has 1 aromatic rings. The molecule has 3 nitrogen and oxygen atoms in total. The Balaban J connectivity index is 1.90. The molecule has 15 heavy (non-hydrogen) atoms. The molecule has 0 radical (unpaired) electrons. The van der Waals surface area contributed by atoms with Crippen LogP contribution in [0.1, 0.15) is 16.2 Å². The highest BCUT2D eigenvalue weighted by Gasteiger charge is 2.27. The summed E-state index contributed by atoms with van der Waals surface area (Å²) in [5.74, 6) is -0.814. The summed E-state index contributed by atoms with van der Waals surface area (Å²) in [6, 6.07) is 4.25. The first-order valence-electron chi connectivity index (χ1n) is 5.15. The van der Waals surface area contributed by atoms with Crippen LogP contribution in [0, 0.1) is 12.8 Å². The van der Waals surface area contributed by atoms with Crippen LogP contribution in [-0.2, 0) is 11.3 Å². The van der Waals surface area contributed by atoms with Crippen molar-refractivity contribution in [1.29, 1.82) is 0 Å². The van der Waals surface area contributed by atoms with E-state index >= 15 is 0 Å². The van der Waals surface area contributed by atoms with Gasteiger partial charge in [0.25, 0.3) is 0 Å². The molecule has 1 atom stereocenters. The molecule has 1 aliphatic heterocycles. The molecule has 1 unspecified atom stereocenters. The second-order valence-corrected chi connectivity index (χ2v) is 5.44. The summed E-state index contributed by atoms with van der Waals surface area (Å²) >= 11 is 1.80. The fourth-order valence-corrected chi connectivity index (χ4v) is 2.90. The lowest BCUT2D eigenvalue weighted by Gasteiger charge is -2.13. The van der Waals surface area contributed by atoms with Crippen molar-refractivity contribution >= 4 is 17.3 Å². The van der Waals surface area contributed by atoms with Gasteiger partial charge in [0.15, 0.2) is 0 Å². The third-order valence-electron chi connectivity index (χ3n) is 2.80. The predicted molar refractivity (Wildman–Crippen MR) is 60.1 cm³/mol. The molecular formula is C11H15NO2S. The standard InChI is InChI=1S/C11H15NO2S/c1-8-2-3-10(15-8)7-12-5-4-9(6-12)11(13)14/h2-3,9H,4-7H2,1H3,(H,13,14). The minimum Gasteiger partial charge on any atom is -0.481 e. The first kappa shape index (κ1) is 10.6. The fourth-order valence-electron chi connectivity index (χ4n) is 1.97. The largest absolute Gasteiger partial charge is 0.481 e. The van der Waals surface area contributed by atoms with Gasteiger partial charge in [0.2, 0.25) is 0 Å². The Morgan fingerprint density at radius 3 is 3.00 bits per heavy atom. The van der Waals surface area contributed by atoms with Gasteiger partial charge >= 0.3 is 5.97 Å². The Kier molecular flexibility index (Phi) is 3.07. The number of carbonyl (C=O) groups is 1. The van der Waals surface area contributed by atoms with Crippen LogP contribution >= 0.6 is 11.3 Å². The maximum absolute atomic E-state index is 10.8. The minimum absolute atomic E-state index is 0.161. The summed E-state index contributed by atoms with van der Waals surface area (Å²) in [5.41, 5.74) is 0. The highest BCUT2D eigenvalue weighted by Crippen LogP contribution is 2.22. The maximum atomic E-state index is 10.8. The van der Waals surface area contributed by atoms with Crippen molar-refractivity contribution in [1.82, 2.24) is 4.90 Å². The Hall–Kier alpha value is -0.870. The molecule has 0 spiro atoms. The Morgan fingerprint density at radius 2 is 2.47 bits per heavy atom. The SMILES string of the molecule is Cc1ccc(CN2CCC(C(=O)O)C2)s1. The van der Waals surface area contributed by atoms with Gasteiger partial charge in [-0.1, -0.05) is 0 Å². The Morgan fingerprint density at radius 1 is 1.67 bits per heavy atom.